The highest BCUT2D eigenvalue weighted by Gasteiger charge is 2.11. The molecule has 1 N–H and O–H groups in total. The van der Waals surface area contributed by atoms with Crippen LogP contribution < -0.4 is 9.47 Å². The third-order valence-corrected chi connectivity index (χ3v) is 4.23. The lowest BCUT2D eigenvalue weighted by molar-refractivity contribution is 0.273. The summed E-state index contributed by atoms with van der Waals surface area (Å²) < 4.78 is 11.8. The van der Waals surface area contributed by atoms with E-state index in [1.54, 1.807) is 31.4 Å². The summed E-state index contributed by atoms with van der Waals surface area (Å²) in [7, 11) is 1.55. The van der Waals surface area contributed by atoms with Crippen molar-refractivity contribution in [3.63, 3.8) is 0 Å². The molecular formula is C15H13BrCl2O3. The molecule has 0 heterocycles. The van der Waals surface area contributed by atoms with Crippen LogP contribution in [0.15, 0.2) is 34.8 Å². The Morgan fingerprint density at radius 3 is 2.48 bits per heavy atom. The molecule has 0 unspecified atom stereocenters. The SMILES string of the molecule is COc1cc(CO)c(Br)cc1OCc1ccc(Cl)cc1Cl. The molecule has 0 aliphatic heterocycles. The summed E-state index contributed by atoms with van der Waals surface area (Å²) in [6.07, 6.45) is 0. The first-order chi connectivity index (χ1) is 10.0. The molecule has 0 aromatic heterocycles. The van der Waals surface area contributed by atoms with E-state index in [-0.39, 0.29) is 13.2 Å². The Morgan fingerprint density at radius 2 is 1.86 bits per heavy atom. The summed E-state index contributed by atoms with van der Waals surface area (Å²) in [6, 6.07) is 8.73. The van der Waals surface area contributed by atoms with Crippen molar-refractivity contribution in [2.45, 2.75) is 13.2 Å². The molecule has 0 saturated heterocycles. The van der Waals surface area contributed by atoms with Crippen LogP contribution in [0.5, 0.6) is 11.5 Å². The number of aliphatic hydroxyl groups excluding tert-OH is 1. The van der Waals surface area contributed by atoms with Gasteiger partial charge in [0.1, 0.15) is 6.61 Å². The van der Waals surface area contributed by atoms with Gasteiger partial charge in [-0.2, -0.15) is 0 Å². The number of aliphatic hydroxyl groups is 1. The van der Waals surface area contributed by atoms with Gasteiger partial charge in [0.05, 0.1) is 13.7 Å². The summed E-state index contributed by atoms with van der Waals surface area (Å²) >= 11 is 15.4. The molecule has 0 atom stereocenters. The number of halogens is 3. The van der Waals surface area contributed by atoms with Gasteiger partial charge in [0.15, 0.2) is 11.5 Å². The second kappa shape index (κ2) is 7.36. The van der Waals surface area contributed by atoms with Gasteiger partial charge < -0.3 is 14.6 Å². The molecule has 112 valence electrons. The first-order valence-corrected chi connectivity index (χ1v) is 7.64. The van der Waals surface area contributed by atoms with Gasteiger partial charge in [-0.1, -0.05) is 45.2 Å². The van der Waals surface area contributed by atoms with Crippen LogP contribution in [0, 0.1) is 0 Å². The van der Waals surface area contributed by atoms with E-state index in [2.05, 4.69) is 15.9 Å². The van der Waals surface area contributed by atoms with E-state index in [9.17, 15) is 5.11 Å². The summed E-state index contributed by atoms with van der Waals surface area (Å²) in [6.45, 7) is 0.206. The van der Waals surface area contributed by atoms with Crippen molar-refractivity contribution in [1.82, 2.24) is 0 Å². The van der Waals surface area contributed by atoms with Crippen LogP contribution in [0.3, 0.4) is 0 Å². The fourth-order valence-corrected chi connectivity index (χ4v) is 2.68. The van der Waals surface area contributed by atoms with Gasteiger partial charge in [0.25, 0.3) is 0 Å². The molecule has 0 amide bonds. The van der Waals surface area contributed by atoms with Gasteiger partial charge in [-0.3, -0.25) is 0 Å². The Kier molecular flexibility index (Phi) is 5.76. The van der Waals surface area contributed by atoms with Gasteiger partial charge in [0.2, 0.25) is 0 Å². The highest BCUT2D eigenvalue weighted by molar-refractivity contribution is 9.10. The maximum atomic E-state index is 9.24. The Hall–Kier alpha value is -0.940. The molecular weight excluding hydrogens is 379 g/mol. The Balaban J connectivity index is 2.21. The highest BCUT2D eigenvalue weighted by Crippen LogP contribution is 2.34. The van der Waals surface area contributed by atoms with Crippen LogP contribution in [0.25, 0.3) is 0 Å². The fourth-order valence-electron chi connectivity index (χ4n) is 1.76. The molecule has 2 aromatic rings. The van der Waals surface area contributed by atoms with Gasteiger partial charge in [-0.05, 0) is 29.8 Å². The zero-order chi connectivity index (χ0) is 15.4. The maximum Gasteiger partial charge on any atom is 0.162 e. The normalized spacial score (nSPS) is 10.5. The van der Waals surface area contributed by atoms with Crippen molar-refractivity contribution in [2.24, 2.45) is 0 Å². The van der Waals surface area contributed by atoms with Crippen LogP contribution >= 0.6 is 39.1 Å². The average molecular weight is 392 g/mol. The molecule has 0 aliphatic rings. The Morgan fingerprint density at radius 1 is 1.10 bits per heavy atom. The van der Waals surface area contributed by atoms with Crippen molar-refractivity contribution in [3.8, 4) is 11.5 Å². The number of hydrogen-bond acceptors (Lipinski definition) is 3. The molecule has 21 heavy (non-hydrogen) atoms. The first-order valence-electron chi connectivity index (χ1n) is 6.09. The number of hydrogen-bond donors (Lipinski definition) is 1. The fraction of sp³-hybridized carbons (Fsp3) is 0.200. The molecule has 0 bridgehead atoms. The molecule has 0 spiro atoms. The largest absolute Gasteiger partial charge is 0.493 e. The monoisotopic (exact) mass is 390 g/mol. The second-order valence-electron chi connectivity index (χ2n) is 4.28. The third-order valence-electron chi connectivity index (χ3n) is 2.90. The van der Waals surface area contributed by atoms with Crippen molar-refractivity contribution in [1.29, 1.82) is 0 Å². The minimum absolute atomic E-state index is 0.0831. The summed E-state index contributed by atoms with van der Waals surface area (Å²) in [5.74, 6) is 1.11. The first kappa shape index (κ1) is 16.4. The van der Waals surface area contributed by atoms with Crippen LogP contribution in [0.2, 0.25) is 10.0 Å². The molecule has 0 saturated carbocycles. The van der Waals surface area contributed by atoms with Gasteiger partial charge >= 0.3 is 0 Å². The van der Waals surface area contributed by atoms with Gasteiger partial charge in [-0.15, -0.1) is 0 Å². The molecule has 2 aromatic carbocycles. The number of rotatable bonds is 5. The quantitative estimate of drug-likeness (QED) is 0.792. The van der Waals surface area contributed by atoms with Gasteiger partial charge in [-0.25, -0.2) is 0 Å². The zero-order valence-electron chi connectivity index (χ0n) is 11.2. The Labute approximate surface area is 141 Å². The molecule has 3 nitrogen and oxygen atoms in total. The minimum atomic E-state index is -0.0831. The molecule has 0 radical (unpaired) electrons. The van der Waals surface area contributed by atoms with Crippen molar-refractivity contribution < 1.29 is 14.6 Å². The van der Waals surface area contributed by atoms with E-state index in [1.165, 1.54) is 0 Å². The molecule has 6 heteroatoms. The summed E-state index contributed by atoms with van der Waals surface area (Å²) in [5, 5.41) is 10.4. The van der Waals surface area contributed by atoms with Crippen molar-refractivity contribution in [3.05, 3.63) is 56.0 Å². The van der Waals surface area contributed by atoms with E-state index in [4.69, 9.17) is 32.7 Å². The Bertz CT molecular complexity index is 647. The highest BCUT2D eigenvalue weighted by atomic mass is 79.9. The minimum Gasteiger partial charge on any atom is -0.493 e. The van der Waals surface area contributed by atoms with E-state index in [1.807, 2.05) is 6.07 Å². The lowest BCUT2D eigenvalue weighted by atomic mass is 10.2. The predicted octanol–water partition coefficient (Wildman–Crippen LogP) is 4.84. The number of ether oxygens (including phenoxy) is 2. The maximum absolute atomic E-state index is 9.24. The standard InChI is InChI=1S/C15H13BrCl2O3/c1-20-14-4-10(7-19)12(16)6-15(14)21-8-9-2-3-11(17)5-13(9)18/h2-6,19H,7-8H2,1H3. The summed E-state index contributed by atoms with van der Waals surface area (Å²) in [5.41, 5.74) is 1.55. The van der Waals surface area contributed by atoms with Gasteiger partial charge in [0, 0.05) is 20.1 Å². The van der Waals surface area contributed by atoms with Crippen molar-refractivity contribution >= 4 is 39.1 Å². The molecule has 0 aliphatic carbocycles. The lowest BCUT2D eigenvalue weighted by Gasteiger charge is -2.14. The summed E-state index contributed by atoms with van der Waals surface area (Å²) in [4.78, 5) is 0. The second-order valence-corrected chi connectivity index (χ2v) is 5.97. The number of benzene rings is 2. The lowest BCUT2D eigenvalue weighted by Crippen LogP contribution is -2.00. The smallest absolute Gasteiger partial charge is 0.162 e. The topological polar surface area (TPSA) is 38.7 Å². The van der Waals surface area contributed by atoms with E-state index in [0.29, 0.717) is 21.5 Å². The van der Waals surface area contributed by atoms with Crippen molar-refractivity contribution in [2.75, 3.05) is 7.11 Å². The number of methoxy groups -OCH3 is 1. The van der Waals surface area contributed by atoms with Crippen LogP contribution in [-0.2, 0) is 13.2 Å². The van der Waals surface area contributed by atoms with E-state index in [0.717, 1.165) is 15.6 Å². The van der Waals surface area contributed by atoms with Crippen LogP contribution in [-0.4, -0.2) is 12.2 Å². The molecule has 0 fully saturated rings. The molecule has 2 rings (SSSR count). The van der Waals surface area contributed by atoms with Crippen LogP contribution in [0.1, 0.15) is 11.1 Å². The van der Waals surface area contributed by atoms with E-state index >= 15 is 0 Å². The van der Waals surface area contributed by atoms with E-state index < -0.39 is 0 Å². The predicted molar refractivity (Wildman–Crippen MR) is 87.4 cm³/mol. The zero-order valence-corrected chi connectivity index (χ0v) is 14.3. The third kappa shape index (κ3) is 4.04. The average Bonchev–Trinajstić information content (AvgIpc) is 2.46. The van der Waals surface area contributed by atoms with Crippen LogP contribution in [0.4, 0.5) is 0 Å².